The van der Waals surface area contributed by atoms with Gasteiger partial charge in [-0.15, -0.1) is 14.1 Å². The number of benzene rings is 1. The van der Waals surface area contributed by atoms with Crippen molar-refractivity contribution in [3.05, 3.63) is 27.9 Å². The summed E-state index contributed by atoms with van der Waals surface area (Å²) in [7, 11) is -1.22. The number of rotatable bonds is 6. The van der Waals surface area contributed by atoms with E-state index in [1.807, 2.05) is 0 Å². The van der Waals surface area contributed by atoms with E-state index in [-0.39, 0.29) is 12.3 Å². The molecule has 141 valence electrons. The Hall–Kier alpha value is -0.903. The van der Waals surface area contributed by atoms with E-state index in [1.54, 1.807) is 0 Å². The number of hydrogen-bond donors (Lipinski definition) is 1. The van der Waals surface area contributed by atoms with Crippen molar-refractivity contribution in [3.63, 3.8) is 0 Å². The number of halogens is 4. The van der Waals surface area contributed by atoms with Gasteiger partial charge in [-0.05, 0) is 35.0 Å². The van der Waals surface area contributed by atoms with Crippen LogP contribution in [-0.2, 0) is 17.6 Å². The molecule has 0 spiro atoms. The largest absolute Gasteiger partial charge is 0.416 e. The molecule has 1 aromatic carbocycles. The number of fused-ring (bicyclic) bond motifs is 1. The number of ether oxygens (including phenoxy) is 1. The maximum Gasteiger partial charge on any atom is 0.416 e. The molecule has 0 aliphatic heterocycles. The van der Waals surface area contributed by atoms with Crippen molar-refractivity contribution in [1.29, 1.82) is 0 Å². The summed E-state index contributed by atoms with van der Waals surface area (Å²) in [6, 6.07) is 2.97. The Labute approximate surface area is 154 Å². The fraction of sp³-hybridized carbons (Fsp3) is 0.562. The van der Waals surface area contributed by atoms with E-state index in [0.29, 0.717) is 22.1 Å². The number of aromatic nitrogens is 2. The number of aliphatic hydroxyl groups excluding tert-OH is 1. The third-order valence-electron chi connectivity index (χ3n) is 3.80. The zero-order valence-corrected chi connectivity index (χ0v) is 17.2. The second-order valence-corrected chi connectivity index (χ2v) is 13.6. The van der Waals surface area contributed by atoms with E-state index in [4.69, 9.17) is 4.74 Å². The fourth-order valence-corrected chi connectivity index (χ4v) is 3.57. The van der Waals surface area contributed by atoms with Gasteiger partial charge in [-0.3, -0.25) is 0 Å². The molecule has 1 atom stereocenters. The average molecular weight is 439 g/mol. The van der Waals surface area contributed by atoms with Crippen LogP contribution in [0.1, 0.15) is 24.2 Å². The van der Waals surface area contributed by atoms with Crippen LogP contribution in [0.2, 0.25) is 25.7 Å². The molecule has 2 rings (SSSR count). The summed E-state index contributed by atoms with van der Waals surface area (Å²) in [6.45, 7) is 8.86. The molecule has 1 N–H and O–H groups in total. The van der Waals surface area contributed by atoms with Gasteiger partial charge in [0.05, 0.1) is 17.2 Å². The minimum absolute atomic E-state index is 0.139. The lowest BCUT2D eigenvalue weighted by Crippen LogP contribution is -2.22. The first-order valence-corrected chi connectivity index (χ1v) is 12.4. The average Bonchev–Trinajstić information content (AvgIpc) is 2.77. The molecular formula is C16H22BrF3N2O2Si-. The van der Waals surface area contributed by atoms with E-state index in [1.165, 1.54) is 11.6 Å². The van der Waals surface area contributed by atoms with Crippen LogP contribution >= 0.6 is 15.9 Å². The van der Waals surface area contributed by atoms with Crippen LogP contribution in [0.15, 0.2) is 16.7 Å². The summed E-state index contributed by atoms with van der Waals surface area (Å²) < 4.78 is 46.8. The molecule has 0 aliphatic carbocycles. The van der Waals surface area contributed by atoms with E-state index in [0.717, 1.165) is 18.2 Å². The molecule has 0 radical (unpaired) electrons. The van der Waals surface area contributed by atoms with Gasteiger partial charge in [0.2, 0.25) is 0 Å². The Balaban J connectivity index is 2.35. The topological polar surface area (TPSA) is 47.3 Å². The SMILES string of the molecule is CC(O)c1cc(C(F)(F)F)cc2c(Br)n(COCC[Si-](C)(C)C)nc12. The molecule has 25 heavy (non-hydrogen) atoms. The summed E-state index contributed by atoms with van der Waals surface area (Å²) in [5, 5.41) is 14.5. The maximum atomic E-state index is 13.1. The molecule has 1 unspecified atom stereocenters. The van der Waals surface area contributed by atoms with Crippen LogP contribution in [0, 0.1) is 0 Å². The van der Waals surface area contributed by atoms with Gasteiger partial charge in [0, 0.05) is 17.6 Å². The normalized spacial score (nSPS) is 14.3. The lowest BCUT2D eigenvalue weighted by Gasteiger charge is -2.26. The van der Waals surface area contributed by atoms with Crippen LogP contribution < -0.4 is 0 Å². The molecular weight excluding hydrogens is 417 g/mol. The summed E-state index contributed by atoms with van der Waals surface area (Å²) >= 11 is 3.31. The van der Waals surface area contributed by atoms with Gasteiger partial charge in [0.25, 0.3) is 0 Å². The first-order chi connectivity index (χ1) is 11.4. The van der Waals surface area contributed by atoms with Gasteiger partial charge in [0.1, 0.15) is 11.3 Å². The van der Waals surface area contributed by atoms with E-state index < -0.39 is 25.9 Å². The highest BCUT2D eigenvalue weighted by molar-refractivity contribution is 9.10. The minimum Gasteiger partial charge on any atom is -0.389 e. The third kappa shape index (κ3) is 5.05. The highest BCUT2D eigenvalue weighted by Crippen LogP contribution is 2.37. The van der Waals surface area contributed by atoms with Gasteiger partial charge in [-0.25, -0.2) is 4.68 Å². The molecule has 1 aromatic heterocycles. The van der Waals surface area contributed by atoms with Gasteiger partial charge in [-0.1, -0.05) is 0 Å². The molecule has 1 heterocycles. The van der Waals surface area contributed by atoms with Crippen molar-refractivity contribution in [2.75, 3.05) is 6.61 Å². The third-order valence-corrected chi connectivity index (χ3v) is 6.34. The molecule has 0 saturated carbocycles. The summed E-state index contributed by atoms with van der Waals surface area (Å²) in [4.78, 5) is 0. The van der Waals surface area contributed by atoms with Crippen molar-refractivity contribution in [2.24, 2.45) is 0 Å². The predicted octanol–water partition coefficient (Wildman–Crippen LogP) is 5.18. The molecule has 0 aliphatic rings. The van der Waals surface area contributed by atoms with Crippen molar-refractivity contribution >= 4 is 34.9 Å². The first-order valence-electron chi connectivity index (χ1n) is 7.93. The smallest absolute Gasteiger partial charge is 0.389 e. The zero-order chi connectivity index (χ0) is 19.0. The molecule has 0 amide bonds. The number of nitrogens with zero attached hydrogens (tertiary/aromatic N) is 2. The van der Waals surface area contributed by atoms with Crippen LogP contribution in [0.4, 0.5) is 13.2 Å². The Kier molecular flexibility index (Phi) is 6.02. The second kappa shape index (κ2) is 7.38. The van der Waals surface area contributed by atoms with Crippen LogP contribution in [0.3, 0.4) is 0 Å². The van der Waals surface area contributed by atoms with Crippen molar-refractivity contribution < 1.29 is 23.0 Å². The fourth-order valence-electron chi connectivity index (χ4n) is 2.33. The number of aliphatic hydroxyl groups is 1. The number of hydrogen-bond acceptors (Lipinski definition) is 3. The van der Waals surface area contributed by atoms with Gasteiger partial charge >= 0.3 is 6.18 Å². The first kappa shape index (κ1) is 20.4. The monoisotopic (exact) mass is 438 g/mol. The molecule has 9 heteroatoms. The van der Waals surface area contributed by atoms with Crippen molar-refractivity contribution in [3.8, 4) is 0 Å². The van der Waals surface area contributed by atoms with Gasteiger partial charge < -0.3 is 9.84 Å². The highest BCUT2D eigenvalue weighted by atomic mass is 79.9. The molecule has 0 saturated heterocycles. The maximum absolute atomic E-state index is 13.1. The summed E-state index contributed by atoms with van der Waals surface area (Å²) in [6.07, 6.45) is -5.56. The minimum atomic E-state index is -4.49. The Morgan fingerprint density at radius 1 is 1.32 bits per heavy atom. The molecule has 0 bridgehead atoms. The van der Waals surface area contributed by atoms with Crippen LogP contribution in [0.25, 0.3) is 10.9 Å². The Morgan fingerprint density at radius 3 is 2.48 bits per heavy atom. The number of alkyl halides is 3. The highest BCUT2D eigenvalue weighted by Gasteiger charge is 2.33. The van der Waals surface area contributed by atoms with Gasteiger partial charge in [-0.2, -0.15) is 37.9 Å². The Morgan fingerprint density at radius 2 is 1.96 bits per heavy atom. The van der Waals surface area contributed by atoms with Crippen molar-refractivity contribution in [2.45, 2.75) is 51.6 Å². The van der Waals surface area contributed by atoms with E-state index in [2.05, 4.69) is 40.7 Å². The molecule has 0 fully saturated rings. The van der Waals surface area contributed by atoms with E-state index >= 15 is 0 Å². The van der Waals surface area contributed by atoms with Crippen LogP contribution in [-0.4, -0.2) is 29.6 Å². The van der Waals surface area contributed by atoms with Gasteiger partial charge in [0.15, 0.2) is 0 Å². The molecule has 2 aromatic rings. The van der Waals surface area contributed by atoms with E-state index in [9.17, 15) is 18.3 Å². The standard InChI is InChI=1S/C16H22BrF3N2O2Si/c1-10(23)12-7-11(16(18,19)20)8-13-14(12)21-22(15(13)17)9-24-5-6-25(2,3)4/h7-8,10,23H,5-6,9H2,1-4H3/q-1. The quantitative estimate of drug-likeness (QED) is 0.498. The van der Waals surface area contributed by atoms with Crippen molar-refractivity contribution in [1.82, 2.24) is 9.78 Å². The predicted molar refractivity (Wildman–Crippen MR) is 97.2 cm³/mol. The lowest BCUT2D eigenvalue weighted by atomic mass is 10.0. The van der Waals surface area contributed by atoms with Crippen LogP contribution in [0.5, 0.6) is 0 Å². The summed E-state index contributed by atoms with van der Waals surface area (Å²) in [5.74, 6) is 0. The lowest BCUT2D eigenvalue weighted by molar-refractivity contribution is -0.137. The molecule has 4 nitrogen and oxygen atoms in total. The summed E-state index contributed by atoms with van der Waals surface area (Å²) in [5.41, 5.74) is -0.328. The zero-order valence-electron chi connectivity index (χ0n) is 14.6. The second-order valence-electron chi connectivity index (χ2n) is 7.27. The Bertz CT molecular complexity index is 754.